The number of esters is 1. The Morgan fingerprint density at radius 1 is 1.30 bits per heavy atom. The number of aromatic hydroxyl groups is 1. The Balaban J connectivity index is 2.59. The molecule has 0 atom stereocenters. The highest BCUT2D eigenvalue weighted by atomic mass is 16.5. The lowest BCUT2D eigenvalue weighted by molar-refractivity contribution is -0.144. The van der Waals surface area contributed by atoms with E-state index in [4.69, 9.17) is 9.84 Å². The average molecular weight is 280 g/mol. The smallest absolute Gasteiger partial charge is 0.305 e. The Morgan fingerprint density at radius 2 is 2.00 bits per heavy atom. The van der Waals surface area contributed by atoms with Gasteiger partial charge in [0.15, 0.2) is 0 Å². The van der Waals surface area contributed by atoms with Crippen molar-refractivity contribution in [2.24, 2.45) is 0 Å². The zero-order valence-electron chi connectivity index (χ0n) is 12.5. The number of benzene rings is 1. The van der Waals surface area contributed by atoms with Crippen LogP contribution in [0.3, 0.4) is 0 Å². The quantitative estimate of drug-likeness (QED) is 0.786. The number of phenolic OH excluding ortho intramolecular Hbond substituents is 1. The summed E-state index contributed by atoms with van der Waals surface area (Å²) in [7, 11) is 0. The number of ether oxygens (including phenoxy) is 1. The number of carbonyl (C=O) groups is 1. The van der Waals surface area contributed by atoms with Crippen molar-refractivity contribution in [1.82, 2.24) is 0 Å². The van der Waals surface area contributed by atoms with Gasteiger partial charge in [0.25, 0.3) is 0 Å². The highest BCUT2D eigenvalue weighted by Gasteiger charge is 2.19. The van der Waals surface area contributed by atoms with Crippen molar-refractivity contribution in [2.45, 2.75) is 45.4 Å². The summed E-state index contributed by atoms with van der Waals surface area (Å²) in [5.41, 5.74) is 1.66. The van der Waals surface area contributed by atoms with Crippen molar-refractivity contribution >= 4 is 5.97 Å². The van der Waals surface area contributed by atoms with E-state index >= 15 is 0 Å². The largest absolute Gasteiger partial charge is 0.507 e. The monoisotopic (exact) mass is 280 g/mol. The van der Waals surface area contributed by atoms with Crippen LogP contribution < -0.4 is 0 Å². The SMILES string of the molecule is CC(C)(C)c1cccc(CCCC(=O)OCCO)c1O. The molecule has 0 aliphatic carbocycles. The lowest BCUT2D eigenvalue weighted by Gasteiger charge is -2.21. The summed E-state index contributed by atoms with van der Waals surface area (Å²) in [6.07, 6.45) is 1.54. The zero-order valence-corrected chi connectivity index (χ0v) is 12.5. The molecule has 0 saturated carbocycles. The molecule has 1 aromatic carbocycles. The lowest BCUT2D eigenvalue weighted by Crippen LogP contribution is -2.12. The first-order valence-corrected chi connectivity index (χ1v) is 6.94. The number of aryl methyl sites for hydroxylation is 1. The van der Waals surface area contributed by atoms with E-state index in [0.717, 1.165) is 11.1 Å². The van der Waals surface area contributed by atoms with Gasteiger partial charge in [-0.15, -0.1) is 0 Å². The highest BCUT2D eigenvalue weighted by Crippen LogP contribution is 2.33. The molecule has 2 N–H and O–H groups in total. The van der Waals surface area contributed by atoms with E-state index in [2.05, 4.69) is 20.8 Å². The molecule has 0 unspecified atom stereocenters. The van der Waals surface area contributed by atoms with Gasteiger partial charge in [0.1, 0.15) is 12.4 Å². The Bertz CT molecular complexity index is 446. The first-order chi connectivity index (χ1) is 9.36. The molecule has 0 aromatic heterocycles. The summed E-state index contributed by atoms with van der Waals surface area (Å²) in [5, 5.41) is 18.8. The number of aliphatic hydroxyl groups excluding tert-OH is 1. The van der Waals surface area contributed by atoms with Crippen LogP contribution in [0, 0.1) is 0 Å². The summed E-state index contributed by atoms with van der Waals surface area (Å²) in [6.45, 7) is 6.05. The van der Waals surface area contributed by atoms with Crippen molar-refractivity contribution in [3.8, 4) is 5.75 Å². The minimum absolute atomic E-state index is 0.0452. The third-order valence-electron chi connectivity index (χ3n) is 3.11. The highest BCUT2D eigenvalue weighted by molar-refractivity contribution is 5.69. The molecule has 4 nitrogen and oxygen atoms in total. The number of rotatable bonds is 6. The van der Waals surface area contributed by atoms with Crippen LogP contribution in [0.2, 0.25) is 0 Å². The second-order valence-corrected chi connectivity index (χ2v) is 5.86. The summed E-state index contributed by atoms with van der Waals surface area (Å²) >= 11 is 0. The maximum atomic E-state index is 11.3. The number of hydrogen-bond acceptors (Lipinski definition) is 4. The van der Waals surface area contributed by atoms with Gasteiger partial charge in [-0.25, -0.2) is 0 Å². The summed E-state index contributed by atoms with van der Waals surface area (Å²) < 4.78 is 4.79. The normalized spacial score (nSPS) is 11.4. The molecule has 0 radical (unpaired) electrons. The lowest BCUT2D eigenvalue weighted by atomic mass is 9.84. The molecule has 0 aliphatic rings. The minimum atomic E-state index is -0.314. The van der Waals surface area contributed by atoms with Gasteiger partial charge in [-0.1, -0.05) is 39.0 Å². The molecule has 0 bridgehead atoms. The fourth-order valence-electron chi connectivity index (χ4n) is 2.05. The molecular weight excluding hydrogens is 256 g/mol. The Hall–Kier alpha value is -1.55. The van der Waals surface area contributed by atoms with Crippen molar-refractivity contribution < 1.29 is 19.7 Å². The maximum absolute atomic E-state index is 11.3. The second-order valence-electron chi connectivity index (χ2n) is 5.86. The van der Waals surface area contributed by atoms with E-state index in [1.54, 1.807) is 0 Å². The van der Waals surface area contributed by atoms with Crippen LogP contribution >= 0.6 is 0 Å². The molecule has 0 amide bonds. The van der Waals surface area contributed by atoms with Gasteiger partial charge < -0.3 is 14.9 Å². The maximum Gasteiger partial charge on any atom is 0.305 e. The molecule has 0 spiro atoms. The van der Waals surface area contributed by atoms with Crippen LogP contribution in [0.25, 0.3) is 0 Å². The van der Waals surface area contributed by atoms with Crippen molar-refractivity contribution in [2.75, 3.05) is 13.2 Å². The minimum Gasteiger partial charge on any atom is -0.507 e. The van der Waals surface area contributed by atoms with E-state index in [0.29, 0.717) is 25.0 Å². The van der Waals surface area contributed by atoms with E-state index in [9.17, 15) is 9.90 Å². The predicted molar refractivity (Wildman–Crippen MR) is 77.8 cm³/mol. The number of aliphatic hydroxyl groups is 1. The van der Waals surface area contributed by atoms with Gasteiger partial charge >= 0.3 is 5.97 Å². The third-order valence-corrected chi connectivity index (χ3v) is 3.11. The van der Waals surface area contributed by atoms with Gasteiger partial charge in [-0.05, 0) is 29.4 Å². The Kier molecular flexibility index (Phi) is 6.02. The fraction of sp³-hybridized carbons (Fsp3) is 0.562. The van der Waals surface area contributed by atoms with Crippen molar-refractivity contribution in [3.63, 3.8) is 0 Å². The number of phenols is 1. The molecule has 0 fully saturated rings. The van der Waals surface area contributed by atoms with Crippen LogP contribution in [0.15, 0.2) is 18.2 Å². The molecule has 1 rings (SSSR count). The Morgan fingerprint density at radius 3 is 2.60 bits per heavy atom. The van der Waals surface area contributed by atoms with Crippen LogP contribution in [0.5, 0.6) is 5.75 Å². The van der Waals surface area contributed by atoms with Crippen LogP contribution in [-0.2, 0) is 21.4 Å². The molecular formula is C16H24O4. The fourth-order valence-corrected chi connectivity index (χ4v) is 2.05. The van der Waals surface area contributed by atoms with Crippen LogP contribution in [0.1, 0.15) is 44.7 Å². The summed E-state index contributed by atoms with van der Waals surface area (Å²) in [6, 6.07) is 5.73. The average Bonchev–Trinajstić information content (AvgIpc) is 2.37. The van der Waals surface area contributed by atoms with E-state index in [1.807, 2.05) is 18.2 Å². The van der Waals surface area contributed by atoms with Gasteiger partial charge in [0.2, 0.25) is 0 Å². The predicted octanol–water partition coefficient (Wildman–Crippen LogP) is 2.55. The first-order valence-electron chi connectivity index (χ1n) is 6.94. The Labute approximate surface area is 120 Å². The summed E-state index contributed by atoms with van der Waals surface area (Å²) in [4.78, 5) is 11.3. The van der Waals surface area contributed by atoms with E-state index in [1.165, 1.54) is 0 Å². The molecule has 0 saturated heterocycles. The zero-order chi connectivity index (χ0) is 15.2. The van der Waals surface area contributed by atoms with Gasteiger partial charge in [0.05, 0.1) is 6.61 Å². The molecule has 20 heavy (non-hydrogen) atoms. The van der Waals surface area contributed by atoms with Gasteiger partial charge in [-0.3, -0.25) is 4.79 Å². The van der Waals surface area contributed by atoms with E-state index in [-0.39, 0.29) is 24.6 Å². The molecule has 4 heteroatoms. The van der Waals surface area contributed by atoms with Gasteiger partial charge in [0, 0.05) is 6.42 Å². The molecule has 1 aromatic rings. The van der Waals surface area contributed by atoms with Crippen molar-refractivity contribution in [1.29, 1.82) is 0 Å². The number of para-hydroxylation sites is 1. The number of carbonyl (C=O) groups excluding carboxylic acids is 1. The topological polar surface area (TPSA) is 66.8 Å². The van der Waals surface area contributed by atoms with Crippen molar-refractivity contribution in [3.05, 3.63) is 29.3 Å². The standard InChI is InChI=1S/C16H24O4/c1-16(2,3)13-8-4-6-12(15(13)19)7-5-9-14(18)20-11-10-17/h4,6,8,17,19H,5,7,9-11H2,1-3H3. The molecule has 0 aliphatic heterocycles. The van der Waals surface area contributed by atoms with Gasteiger partial charge in [-0.2, -0.15) is 0 Å². The summed E-state index contributed by atoms with van der Waals surface area (Å²) in [5.74, 6) is 0.00856. The second kappa shape index (κ2) is 7.29. The molecule has 112 valence electrons. The third kappa shape index (κ3) is 4.85. The number of hydrogen-bond donors (Lipinski definition) is 2. The van der Waals surface area contributed by atoms with Crippen LogP contribution in [-0.4, -0.2) is 29.4 Å². The first kappa shape index (κ1) is 16.5. The van der Waals surface area contributed by atoms with Crippen LogP contribution in [0.4, 0.5) is 0 Å². The molecule has 0 heterocycles. The van der Waals surface area contributed by atoms with E-state index < -0.39 is 0 Å².